The summed E-state index contributed by atoms with van der Waals surface area (Å²) in [6.07, 6.45) is 3.13. The fourth-order valence-corrected chi connectivity index (χ4v) is 6.60. The first-order chi connectivity index (χ1) is 20.2. The van der Waals surface area contributed by atoms with Gasteiger partial charge in [0.15, 0.2) is 23.2 Å². The normalized spacial score (nSPS) is 22.3. The summed E-state index contributed by atoms with van der Waals surface area (Å²) in [6.45, 7) is 6.42. The van der Waals surface area contributed by atoms with E-state index in [4.69, 9.17) is 4.52 Å². The SMILES string of the molecule is CC1(O)CCC(N2CC(CC(=O)CC(C)(C)c3ccc(F)c(F)c3)(CC(=O)c3cc(-c4ccc(F)cc4F)on3)C2)CC1. The monoisotopic (exact) mass is 600 g/mol. The number of rotatable bonds is 10. The molecule has 2 heterocycles. The highest BCUT2D eigenvalue weighted by Gasteiger charge is 2.49. The molecule has 0 amide bonds. The lowest BCUT2D eigenvalue weighted by atomic mass is 9.68. The molecule has 10 heteroatoms. The predicted molar refractivity (Wildman–Crippen MR) is 151 cm³/mol. The molecule has 2 fully saturated rings. The molecule has 2 aliphatic rings. The molecule has 1 aliphatic carbocycles. The Morgan fingerprint density at radius 2 is 1.67 bits per heavy atom. The molecule has 0 unspecified atom stereocenters. The second kappa shape index (κ2) is 11.6. The number of ketones is 2. The number of Topliss-reactive ketones (excluding diaryl/α,β-unsaturated/α-hetero) is 2. The molecular weight excluding hydrogens is 564 g/mol. The number of carbonyl (C=O) groups is 2. The molecule has 5 rings (SSSR count). The van der Waals surface area contributed by atoms with Crippen LogP contribution >= 0.6 is 0 Å². The first-order valence-corrected chi connectivity index (χ1v) is 14.5. The summed E-state index contributed by atoms with van der Waals surface area (Å²) in [6, 6.07) is 8.19. The molecule has 6 nitrogen and oxygen atoms in total. The maximum atomic E-state index is 14.3. The molecule has 1 saturated heterocycles. The zero-order valence-corrected chi connectivity index (χ0v) is 24.6. The minimum atomic E-state index is -0.978. The third-order valence-electron chi connectivity index (χ3n) is 9.07. The molecule has 0 radical (unpaired) electrons. The summed E-state index contributed by atoms with van der Waals surface area (Å²) in [4.78, 5) is 29.2. The van der Waals surface area contributed by atoms with Crippen LogP contribution in [0, 0.1) is 28.7 Å². The van der Waals surface area contributed by atoms with E-state index in [1.54, 1.807) is 13.8 Å². The Balaban J connectivity index is 1.32. The van der Waals surface area contributed by atoms with E-state index in [-0.39, 0.29) is 53.9 Å². The molecule has 0 bridgehead atoms. The van der Waals surface area contributed by atoms with Gasteiger partial charge in [0, 0.05) is 55.9 Å². The maximum absolute atomic E-state index is 14.3. The van der Waals surface area contributed by atoms with Crippen LogP contribution in [0.2, 0.25) is 0 Å². The number of carbonyl (C=O) groups excluding carboxylic acids is 2. The number of halogens is 4. The molecule has 230 valence electrons. The molecular formula is C33H36F4N2O4. The van der Waals surface area contributed by atoms with E-state index in [2.05, 4.69) is 10.1 Å². The van der Waals surface area contributed by atoms with Crippen molar-refractivity contribution in [3.63, 3.8) is 0 Å². The van der Waals surface area contributed by atoms with Gasteiger partial charge in [-0.3, -0.25) is 14.5 Å². The second-order valence-electron chi connectivity index (χ2n) is 13.3. The maximum Gasteiger partial charge on any atom is 0.185 e. The third kappa shape index (κ3) is 6.91. The number of nitrogens with zero attached hydrogens (tertiary/aromatic N) is 2. The van der Waals surface area contributed by atoms with Crippen molar-refractivity contribution in [1.82, 2.24) is 10.1 Å². The lowest BCUT2D eigenvalue weighted by Crippen LogP contribution is -2.62. The molecule has 1 saturated carbocycles. The molecule has 0 spiro atoms. The highest BCUT2D eigenvalue weighted by Crippen LogP contribution is 2.44. The van der Waals surface area contributed by atoms with E-state index in [0.29, 0.717) is 31.5 Å². The molecule has 1 aliphatic heterocycles. The minimum Gasteiger partial charge on any atom is -0.390 e. The van der Waals surface area contributed by atoms with Crippen molar-refractivity contribution in [3.8, 4) is 11.3 Å². The molecule has 3 aromatic rings. The molecule has 2 aromatic carbocycles. The Morgan fingerprint density at radius 1 is 0.977 bits per heavy atom. The number of hydrogen-bond donors (Lipinski definition) is 1. The summed E-state index contributed by atoms with van der Waals surface area (Å²) in [5, 5.41) is 14.2. The van der Waals surface area contributed by atoms with Crippen LogP contribution in [0.15, 0.2) is 47.0 Å². The van der Waals surface area contributed by atoms with Crippen LogP contribution in [0.25, 0.3) is 11.3 Å². The van der Waals surface area contributed by atoms with Crippen molar-refractivity contribution < 1.29 is 36.8 Å². The van der Waals surface area contributed by atoms with Gasteiger partial charge in [0.2, 0.25) is 0 Å². The largest absolute Gasteiger partial charge is 0.390 e. The summed E-state index contributed by atoms with van der Waals surface area (Å²) < 4.78 is 60.3. The molecule has 1 aromatic heterocycles. The van der Waals surface area contributed by atoms with Gasteiger partial charge in [0.05, 0.1) is 11.2 Å². The van der Waals surface area contributed by atoms with Crippen molar-refractivity contribution in [1.29, 1.82) is 0 Å². The Labute approximate surface area is 248 Å². The van der Waals surface area contributed by atoms with Crippen LogP contribution in [0.1, 0.15) is 81.8 Å². The van der Waals surface area contributed by atoms with Crippen LogP contribution < -0.4 is 0 Å². The van der Waals surface area contributed by atoms with Crippen molar-refractivity contribution in [2.75, 3.05) is 13.1 Å². The number of aromatic nitrogens is 1. The Kier molecular flexibility index (Phi) is 8.39. The quantitative estimate of drug-likeness (QED) is 0.204. The van der Waals surface area contributed by atoms with E-state index in [0.717, 1.165) is 37.1 Å². The Hall–Kier alpha value is -3.37. The van der Waals surface area contributed by atoms with Crippen LogP contribution in [0.5, 0.6) is 0 Å². The van der Waals surface area contributed by atoms with Crippen molar-refractivity contribution >= 4 is 11.6 Å². The fourth-order valence-electron chi connectivity index (χ4n) is 6.60. The lowest BCUT2D eigenvalue weighted by Gasteiger charge is -2.55. The summed E-state index contributed by atoms with van der Waals surface area (Å²) >= 11 is 0. The smallest absolute Gasteiger partial charge is 0.185 e. The Morgan fingerprint density at radius 3 is 2.33 bits per heavy atom. The van der Waals surface area contributed by atoms with E-state index in [9.17, 15) is 32.3 Å². The van der Waals surface area contributed by atoms with Crippen LogP contribution in [-0.2, 0) is 10.2 Å². The van der Waals surface area contributed by atoms with Gasteiger partial charge in [-0.2, -0.15) is 0 Å². The third-order valence-corrected chi connectivity index (χ3v) is 9.07. The van der Waals surface area contributed by atoms with E-state index in [1.165, 1.54) is 18.2 Å². The molecule has 43 heavy (non-hydrogen) atoms. The zero-order valence-electron chi connectivity index (χ0n) is 24.6. The van der Waals surface area contributed by atoms with Gasteiger partial charge in [-0.25, -0.2) is 17.6 Å². The number of aliphatic hydroxyl groups is 1. The fraction of sp³-hybridized carbons (Fsp3) is 0.485. The summed E-state index contributed by atoms with van der Waals surface area (Å²) in [7, 11) is 0. The van der Waals surface area contributed by atoms with Crippen LogP contribution in [-0.4, -0.2) is 51.5 Å². The van der Waals surface area contributed by atoms with Gasteiger partial charge < -0.3 is 9.63 Å². The predicted octanol–water partition coefficient (Wildman–Crippen LogP) is 6.79. The van der Waals surface area contributed by atoms with Gasteiger partial charge in [0.25, 0.3) is 0 Å². The summed E-state index contributed by atoms with van der Waals surface area (Å²) in [5.41, 5.74) is -1.68. The topological polar surface area (TPSA) is 83.6 Å². The zero-order chi connectivity index (χ0) is 31.2. The van der Waals surface area contributed by atoms with Gasteiger partial charge in [-0.1, -0.05) is 25.1 Å². The van der Waals surface area contributed by atoms with Crippen molar-refractivity contribution in [2.24, 2.45) is 5.41 Å². The average molecular weight is 601 g/mol. The highest BCUT2D eigenvalue weighted by molar-refractivity contribution is 5.96. The van der Waals surface area contributed by atoms with Crippen LogP contribution in [0.4, 0.5) is 17.6 Å². The first-order valence-electron chi connectivity index (χ1n) is 14.5. The van der Waals surface area contributed by atoms with Gasteiger partial charge >= 0.3 is 0 Å². The van der Waals surface area contributed by atoms with E-state index >= 15 is 0 Å². The molecule has 1 N–H and O–H groups in total. The summed E-state index contributed by atoms with van der Waals surface area (Å²) in [5.74, 6) is -4.01. The lowest BCUT2D eigenvalue weighted by molar-refractivity contribution is -0.128. The number of benzene rings is 2. The minimum absolute atomic E-state index is 0.00313. The standard InChI is InChI=1S/C33H36F4N2O4/c1-31(2,20-4-7-25(35)27(37)12-20)15-23(40)16-33(18-39(19-33)22-8-10-32(3,42)11-9-22)17-29(41)28-14-30(43-38-28)24-6-5-21(34)13-26(24)36/h4-7,12-14,22,42H,8-11,15-19H2,1-3H3. The Bertz CT molecular complexity index is 1520. The number of likely N-dealkylation sites (tertiary alicyclic amines) is 1. The van der Waals surface area contributed by atoms with E-state index < -0.39 is 39.7 Å². The molecule has 0 atom stereocenters. The second-order valence-corrected chi connectivity index (χ2v) is 13.3. The average Bonchev–Trinajstić information content (AvgIpc) is 3.38. The van der Waals surface area contributed by atoms with Crippen LogP contribution in [0.3, 0.4) is 0 Å². The number of hydrogen-bond acceptors (Lipinski definition) is 6. The van der Waals surface area contributed by atoms with Gasteiger partial charge in [0.1, 0.15) is 23.1 Å². The van der Waals surface area contributed by atoms with Gasteiger partial charge in [-0.05, 0) is 67.9 Å². The van der Waals surface area contributed by atoms with Crippen molar-refractivity contribution in [3.05, 3.63) is 77.0 Å². The first kappa shape index (κ1) is 31.1. The van der Waals surface area contributed by atoms with Gasteiger partial charge in [-0.15, -0.1) is 0 Å². The van der Waals surface area contributed by atoms with Crippen molar-refractivity contribution in [2.45, 2.75) is 82.8 Å². The highest BCUT2D eigenvalue weighted by atomic mass is 19.2. The van der Waals surface area contributed by atoms with E-state index in [1.807, 2.05) is 6.92 Å².